The number of rotatable bonds is 5. The molecule has 114 valence electrons. The molecular formula is C13H13F3N2O3. The van der Waals surface area contributed by atoms with Gasteiger partial charge in [-0.1, -0.05) is 0 Å². The minimum absolute atomic E-state index is 0.0321. The molecule has 0 saturated carbocycles. The average molecular weight is 302 g/mol. The van der Waals surface area contributed by atoms with E-state index in [9.17, 15) is 23.1 Å². The Kier molecular flexibility index (Phi) is 5.55. The molecule has 1 aromatic rings. The van der Waals surface area contributed by atoms with Gasteiger partial charge in [0.2, 0.25) is 0 Å². The number of hydrogen-bond acceptors (Lipinski definition) is 5. The summed E-state index contributed by atoms with van der Waals surface area (Å²) in [7, 11) is 0. The summed E-state index contributed by atoms with van der Waals surface area (Å²) in [4.78, 5) is 11.2. The van der Waals surface area contributed by atoms with Crippen LogP contribution in [0.15, 0.2) is 18.2 Å². The lowest BCUT2D eigenvalue weighted by molar-refractivity contribution is -0.152. The summed E-state index contributed by atoms with van der Waals surface area (Å²) in [6, 6.07) is 4.48. The Balaban J connectivity index is 2.82. The number of anilines is 1. The number of aliphatic hydroxyl groups excluding tert-OH is 1. The fourth-order valence-electron chi connectivity index (χ4n) is 1.52. The van der Waals surface area contributed by atoms with Crippen LogP contribution in [0, 0.1) is 11.3 Å². The van der Waals surface area contributed by atoms with Crippen molar-refractivity contribution in [3.8, 4) is 6.07 Å². The van der Waals surface area contributed by atoms with Gasteiger partial charge in [-0.2, -0.15) is 18.4 Å². The molecule has 8 heteroatoms. The lowest BCUT2D eigenvalue weighted by Gasteiger charge is -2.14. The highest BCUT2D eigenvalue weighted by Gasteiger charge is 2.33. The van der Waals surface area contributed by atoms with Crippen LogP contribution in [0.1, 0.15) is 18.1 Å². The highest BCUT2D eigenvalue weighted by atomic mass is 19.4. The minimum atomic E-state index is -4.66. The van der Waals surface area contributed by atoms with Crippen LogP contribution in [0.25, 0.3) is 0 Å². The number of alkyl halides is 3. The Morgan fingerprint density at radius 1 is 1.52 bits per heavy atom. The van der Waals surface area contributed by atoms with Crippen molar-refractivity contribution in [2.45, 2.75) is 19.2 Å². The van der Waals surface area contributed by atoms with E-state index in [2.05, 4.69) is 10.1 Å². The highest BCUT2D eigenvalue weighted by molar-refractivity contribution is 5.75. The summed E-state index contributed by atoms with van der Waals surface area (Å²) in [5, 5.41) is 20.6. The quantitative estimate of drug-likeness (QED) is 0.812. The standard InChI is InChI=1S/C13H13F3N2O3/c1-2-21-12(20)11(19)7-18-9-4-3-8(6-17)10(5-9)13(14,15)16/h3-5,11,18-19H,2,7H2,1H3. The molecular weight excluding hydrogens is 289 g/mol. The van der Waals surface area contributed by atoms with Crippen LogP contribution in [-0.4, -0.2) is 30.3 Å². The van der Waals surface area contributed by atoms with E-state index in [0.717, 1.165) is 12.1 Å². The molecule has 1 aromatic carbocycles. The van der Waals surface area contributed by atoms with Gasteiger partial charge in [-0.15, -0.1) is 0 Å². The van der Waals surface area contributed by atoms with Crippen LogP contribution in [0.4, 0.5) is 18.9 Å². The molecule has 0 aliphatic carbocycles. The van der Waals surface area contributed by atoms with Gasteiger partial charge in [0.15, 0.2) is 6.10 Å². The Morgan fingerprint density at radius 3 is 2.71 bits per heavy atom. The van der Waals surface area contributed by atoms with Crippen LogP contribution in [0.2, 0.25) is 0 Å². The number of benzene rings is 1. The van der Waals surface area contributed by atoms with Crippen LogP contribution in [0.3, 0.4) is 0 Å². The van der Waals surface area contributed by atoms with Crippen molar-refractivity contribution in [3.63, 3.8) is 0 Å². The van der Waals surface area contributed by atoms with E-state index in [1.54, 1.807) is 6.92 Å². The Bertz CT molecular complexity index is 553. The maximum Gasteiger partial charge on any atom is 0.417 e. The highest BCUT2D eigenvalue weighted by Crippen LogP contribution is 2.33. The second kappa shape index (κ2) is 6.95. The normalized spacial score (nSPS) is 12.4. The smallest absolute Gasteiger partial charge is 0.417 e. The van der Waals surface area contributed by atoms with Gasteiger partial charge < -0.3 is 15.2 Å². The summed E-state index contributed by atoms with van der Waals surface area (Å²) in [5.74, 6) is -0.866. The van der Waals surface area contributed by atoms with Crippen molar-refractivity contribution in [3.05, 3.63) is 29.3 Å². The third-order valence-electron chi connectivity index (χ3n) is 2.50. The summed E-state index contributed by atoms with van der Waals surface area (Å²) < 4.78 is 42.8. The monoisotopic (exact) mass is 302 g/mol. The number of nitrogens with one attached hydrogen (secondary N) is 1. The second-order valence-corrected chi connectivity index (χ2v) is 4.02. The number of ether oxygens (including phenoxy) is 1. The van der Waals surface area contributed by atoms with E-state index in [1.165, 1.54) is 12.1 Å². The second-order valence-electron chi connectivity index (χ2n) is 4.02. The zero-order valence-electron chi connectivity index (χ0n) is 11.1. The number of carbonyl (C=O) groups excluding carboxylic acids is 1. The van der Waals surface area contributed by atoms with Crippen molar-refractivity contribution in [1.82, 2.24) is 0 Å². The molecule has 0 aromatic heterocycles. The molecule has 0 fully saturated rings. The molecule has 2 N–H and O–H groups in total. The number of nitrogens with zero attached hydrogens (tertiary/aromatic N) is 1. The lowest BCUT2D eigenvalue weighted by Crippen LogP contribution is -2.30. The van der Waals surface area contributed by atoms with E-state index in [4.69, 9.17) is 5.26 Å². The van der Waals surface area contributed by atoms with E-state index >= 15 is 0 Å². The lowest BCUT2D eigenvalue weighted by atomic mass is 10.1. The van der Waals surface area contributed by atoms with E-state index in [1.807, 2.05) is 0 Å². The molecule has 0 amide bonds. The Morgan fingerprint density at radius 2 is 2.19 bits per heavy atom. The number of nitriles is 1. The molecule has 0 aliphatic heterocycles. The fraction of sp³-hybridized carbons (Fsp3) is 0.385. The molecule has 1 unspecified atom stereocenters. The summed E-state index contributed by atoms with van der Waals surface area (Å²) in [6.45, 7) is 1.35. The first kappa shape index (κ1) is 16.8. The van der Waals surface area contributed by atoms with Gasteiger partial charge in [0, 0.05) is 5.69 Å². The first-order valence-electron chi connectivity index (χ1n) is 5.99. The minimum Gasteiger partial charge on any atom is -0.464 e. The van der Waals surface area contributed by atoms with E-state index in [-0.39, 0.29) is 18.8 Å². The number of halogens is 3. The molecule has 5 nitrogen and oxygen atoms in total. The molecule has 0 bridgehead atoms. The number of esters is 1. The maximum absolute atomic E-state index is 12.7. The first-order chi connectivity index (χ1) is 9.79. The van der Waals surface area contributed by atoms with Crippen molar-refractivity contribution >= 4 is 11.7 Å². The zero-order valence-corrected chi connectivity index (χ0v) is 11.1. The number of aliphatic hydroxyl groups is 1. The maximum atomic E-state index is 12.7. The van der Waals surface area contributed by atoms with Crippen LogP contribution >= 0.6 is 0 Å². The Labute approximate surface area is 118 Å². The topological polar surface area (TPSA) is 82.3 Å². The van der Waals surface area contributed by atoms with Crippen molar-refractivity contribution < 1.29 is 27.8 Å². The Hall–Kier alpha value is -2.27. The van der Waals surface area contributed by atoms with Crippen molar-refractivity contribution in [1.29, 1.82) is 5.26 Å². The molecule has 1 atom stereocenters. The van der Waals surface area contributed by atoms with Gasteiger partial charge in [-0.05, 0) is 25.1 Å². The average Bonchev–Trinajstić information content (AvgIpc) is 2.43. The van der Waals surface area contributed by atoms with Gasteiger partial charge in [-0.3, -0.25) is 0 Å². The van der Waals surface area contributed by atoms with Gasteiger partial charge in [0.25, 0.3) is 0 Å². The third kappa shape index (κ3) is 4.65. The first-order valence-corrected chi connectivity index (χ1v) is 5.99. The molecule has 21 heavy (non-hydrogen) atoms. The van der Waals surface area contributed by atoms with Crippen molar-refractivity contribution in [2.75, 3.05) is 18.5 Å². The SMILES string of the molecule is CCOC(=O)C(O)CNc1ccc(C#N)c(C(F)(F)F)c1. The van der Waals surface area contributed by atoms with Crippen LogP contribution in [0.5, 0.6) is 0 Å². The van der Waals surface area contributed by atoms with Crippen LogP contribution < -0.4 is 5.32 Å². The molecule has 1 rings (SSSR count). The fourth-order valence-corrected chi connectivity index (χ4v) is 1.52. The molecule has 0 aliphatic rings. The number of hydrogen-bond donors (Lipinski definition) is 2. The van der Waals surface area contributed by atoms with Gasteiger partial charge in [-0.25, -0.2) is 4.79 Å². The van der Waals surface area contributed by atoms with Gasteiger partial charge in [0.1, 0.15) is 0 Å². The number of carbonyl (C=O) groups is 1. The zero-order chi connectivity index (χ0) is 16.0. The van der Waals surface area contributed by atoms with E-state index < -0.39 is 29.4 Å². The summed E-state index contributed by atoms with van der Waals surface area (Å²) in [5.41, 5.74) is -1.55. The van der Waals surface area contributed by atoms with E-state index in [0.29, 0.717) is 0 Å². The molecule has 0 radical (unpaired) electrons. The predicted octanol–water partition coefficient (Wildman–Crippen LogP) is 1.91. The predicted molar refractivity (Wildman–Crippen MR) is 67.3 cm³/mol. The molecule has 0 spiro atoms. The molecule has 0 saturated heterocycles. The largest absolute Gasteiger partial charge is 0.464 e. The molecule has 0 heterocycles. The third-order valence-corrected chi connectivity index (χ3v) is 2.50. The van der Waals surface area contributed by atoms with Gasteiger partial charge >= 0.3 is 12.1 Å². The van der Waals surface area contributed by atoms with Crippen LogP contribution in [-0.2, 0) is 15.7 Å². The van der Waals surface area contributed by atoms with Crippen molar-refractivity contribution in [2.24, 2.45) is 0 Å². The van der Waals surface area contributed by atoms with Gasteiger partial charge in [0.05, 0.1) is 30.3 Å². The summed E-state index contributed by atoms with van der Waals surface area (Å²) in [6.07, 6.45) is -6.15. The summed E-state index contributed by atoms with van der Waals surface area (Å²) >= 11 is 0.